The predicted molar refractivity (Wildman–Crippen MR) is 39.9 cm³/mol. The van der Waals surface area contributed by atoms with Gasteiger partial charge >= 0.3 is 0 Å². The Morgan fingerprint density at radius 1 is 1.75 bits per heavy atom. The number of furan rings is 1. The monoisotopic (exact) mass is 168 g/mol. The lowest BCUT2D eigenvalue weighted by molar-refractivity contribution is 0.0949. The number of hydrogen-bond donors (Lipinski definition) is 3. The van der Waals surface area contributed by atoms with Crippen molar-refractivity contribution in [3.8, 4) is 6.07 Å². The highest BCUT2D eigenvalue weighted by molar-refractivity contribution is 5.51. The van der Waals surface area contributed by atoms with E-state index >= 15 is 0 Å². The Labute approximate surface area is 68.6 Å². The number of nitriles is 1. The van der Waals surface area contributed by atoms with Crippen molar-refractivity contribution in [2.24, 2.45) is 0 Å². The first-order valence-electron chi connectivity index (χ1n) is 3.26. The molecule has 0 aromatic carbocycles. The Bertz CT molecular complexity index is 313. The van der Waals surface area contributed by atoms with Gasteiger partial charge in [0.15, 0.2) is 0 Å². The van der Waals surface area contributed by atoms with E-state index in [1.54, 1.807) is 6.07 Å². The standard InChI is InChI=1S/C7H8N2O3/c8-1-4-5(6(11)2-10)3-12-7(4)9/h3,6,10-11H,2,9H2. The van der Waals surface area contributed by atoms with Gasteiger partial charge in [-0.2, -0.15) is 5.26 Å². The summed E-state index contributed by atoms with van der Waals surface area (Å²) < 4.78 is 4.69. The van der Waals surface area contributed by atoms with E-state index in [2.05, 4.69) is 0 Å². The lowest BCUT2D eigenvalue weighted by atomic mass is 10.1. The summed E-state index contributed by atoms with van der Waals surface area (Å²) in [5.74, 6) is -0.0417. The molecule has 64 valence electrons. The number of aliphatic hydroxyl groups is 2. The molecule has 0 aliphatic carbocycles. The van der Waals surface area contributed by atoms with Crippen molar-refractivity contribution >= 4 is 5.88 Å². The average molecular weight is 168 g/mol. The number of nitrogens with zero attached hydrogens (tertiary/aromatic N) is 1. The average Bonchev–Trinajstić information content (AvgIpc) is 2.45. The Kier molecular flexibility index (Phi) is 2.33. The zero-order valence-electron chi connectivity index (χ0n) is 6.19. The number of anilines is 1. The second-order valence-corrected chi connectivity index (χ2v) is 2.24. The van der Waals surface area contributed by atoms with Crippen LogP contribution >= 0.6 is 0 Å². The molecular weight excluding hydrogens is 160 g/mol. The third-order valence-corrected chi connectivity index (χ3v) is 1.49. The van der Waals surface area contributed by atoms with Gasteiger partial charge < -0.3 is 20.4 Å². The molecule has 1 aromatic rings. The van der Waals surface area contributed by atoms with Crippen molar-refractivity contribution in [2.75, 3.05) is 12.3 Å². The van der Waals surface area contributed by atoms with E-state index in [1.807, 2.05) is 0 Å². The summed E-state index contributed by atoms with van der Waals surface area (Å²) in [4.78, 5) is 0. The van der Waals surface area contributed by atoms with E-state index in [0.717, 1.165) is 6.26 Å². The Balaban J connectivity index is 3.09. The van der Waals surface area contributed by atoms with Crippen LogP contribution in [0.1, 0.15) is 17.2 Å². The van der Waals surface area contributed by atoms with Crippen LogP contribution in [0.15, 0.2) is 10.7 Å². The molecule has 12 heavy (non-hydrogen) atoms. The zero-order valence-corrected chi connectivity index (χ0v) is 6.19. The van der Waals surface area contributed by atoms with E-state index in [9.17, 15) is 0 Å². The second kappa shape index (κ2) is 3.26. The first-order chi connectivity index (χ1) is 5.70. The Hall–Kier alpha value is -1.51. The molecule has 0 fully saturated rings. The van der Waals surface area contributed by atoms with Gasteiger partial charge in [0.25, 0.3) is 0 Å². The van der Waals surface area contributed by atoms with Crippen LogP contribution in [0.25, 0.3) is 0 Å². The summed E-state index contributed by atoms with van der Waals surface area (Å²) in [6.07, 6.45) is 0.0510. The minimum Gasteiger partial charge on any atom is -0.447 e. The Morgan fingerprint density at radius 2 is 2.42 bits per heavy atom. The van der Waals surface area contributed by atoms with Gasteiger partial charge in [0.05, 0.1) is 6.61 Å². The lowest BCUT2D eigenvalue weighted by Gasteiger charge is -2.02. The maximum Gasteiger partial charge on any atom is 0.208 e. The van der Waals surface area contributed by atoms with Crippen molar-refractivity contribution in [2.45, 2.75) is 6.10 Å². The number of nitrogens with two attached hydrogens (primary N) is 1. The van der Waals surface area contributed by atoms with Gasteiger partial charge in [-0.25, -0.2) is 0 Å². The highest BCUT2D eigenvalue weighted by Crippen LogP contribution is 2.23. The molecule has 0 aliphatic rings. The number of hydrogen-bond acceptors (Lipinski definition) is 5. The normalized spacial score (nSPS) is 12.4. The van der Waals surface area contributed by atoms with Gasteiger partial charge in [-0.1, -0.05) is 0 Å². The maximum absolute atomic E-state index is 9.14. The molecule has 1 unspecified atom stereocenters. The van der Waals surface area contributed by atoms with Gasteiger partial charge in [-0.15, -0.1) is 0 Å². The highest BCUT2D eigenvalue weighted by atomic mass is 16.3. The van der Waals surface area contributed by atoms with E-state index in [4.69, 9.17) is 25.6 Å². The number of rotatable bonds is 2. The van der Waals surface area contributed by atoms with Crippen LogP contribution in [0.5, 0.6) is 0 Å². The molecule has 0 amide bonds. The molecule has 4 N–H and O–H groups in total. The van der Waals surface area contributed by atoms with Crippen LogP contribution in [0.4, 0.5) is 5.88 Å². The van der Waals surface area contributed by atoms with Crippen molar-refractivity contribution < 1.29 is 14.6 Å². The summed E-state index contributed by atoms with van der Waals surface area (Å²) in [6.45, 7) is -0.465. The number of nitrogen functional groups attached to an aromatic ring is 1. The van der Waals surface area contributed by atoms with Crippen molar-refractivity contribution in [1.82, 2.24) is 0 Å². The lowest BCUT2D eigenvalue weighted by Crippen LogP contribution is -2.03. The minimum absolute atomic E-state index is 0.0417. The smallest absolute Gasteiger partial charge is 0.208 e. The van der Waals surface area contributed by atoms with Crippen LogP contribution < -0.4 is 5.73 Å². The molecule has 1 aromatic heterocycles. The largest absolute Gasteiger partial charge is 0.447 e. The third-order valence-electron chi connectivity index (χ3n) is 1.49. The van der Waals surface area contributed by atoms with Gasteiger partial charge in [0.1, 0.15) is 24.0 Å². The van der Waals surface area contributed by atoms with Crippen molar-refractivity contribution in [3.63, 3.8) is 0 Å². The topological polar surface area (TPSA) is 103 Å². The van der Waals surface area contributed by atoms with Crippen molar-refractivity contribution in [1.29, 1.82) is 5.26 Å². The van der Waals surface area contributed by atoms with Crippen LogP contribution in [0.2, 0.25) is 0 Å². The molecule has 1 rings (SSSR count). The molecule has 0 saturated carbocycles. The molecule has 5 heteroatoms. The Morgan fingerprint density at radius 3 is 2.92 bits per heavy atom. The fraction of sp³-hybridized carbons (Fsp3) is 0.286. The molecule has 0 radical (unpaired) electrons. The van der Waals surface area contributed by atoms with E-state index in [0.29, 0.717) is 0 Å². The molecule has 0 aliphatic heterocycles. The zero-order chi connectivity index (χ0) is 9.14. The molecule has 5 nitrogen and oxygen atoms in total. The number of aliphatic hydroxyl groups excluding tert-OH is 2. The summed E-state index contributed by atoms with van der Waals surface area (Å²) in [5.41, 5.74) is 5.56. The van der Waals surface area contributed by atoms with Gasteiger partial charge in [0.2, 0.25) is 5.88 Å². The first kappa shape index (κ1) is 8.59. The summed E-state index contributed by atoms with van der Waals surface area (Å²) in [7, 11) is 0. The molecular formula is C7H8N2O3. The van der Waals surface area contributed by atoms with Crippen LogP contribution in [-0.4, -0.2) is 16.8 Å². The van der Waals surface area contributed by atoms with Crippen molar-refractivity contribution in [3.05, 3.63) is 17.4 Å². The van der Waals surface area contributed by atoms with Gasteiger partial charge in [-0.3, -0.25) is 0 Å². The van der Waals surface area contributed by atoms with Crippen LogP contribution in [0.3, 0.4) is 0 Å². The van der Waals surface area contributed by atoms with Gasteiger partial charge in [-0.05, 0) is 0 Å². The second-order valence-electron chi connectivity index (χ2n) is 2.24. The molecule has 0 spiro atoms. The van der Waals surface area contributed by atoms with Crippen LogP contribution in [0, 0.1) is 11.3 Å². The van der Waals surface area contributed by atoms with E-state index < -0.39 is 12.7 Å². The highest BCUT2D eigenvalue weighted by Gasteiger charge is 2.17. The predicted octanol–water partition coefficient (Wildman–Crippen LogP) is -0.241. The summed E-state index contributed by atoms with van der Waals surface area (Å²) in [6, 6.07) is 1.77. The van der Waals surface area contributed by atoms with E-state index in [-0.39, 0.29) is 17.0 Å². The molecule has 0 saturated heterocycles. The van der Waals surface area contributed by atoms with Crippen LogP contribution in [-0.2, 0) is 0 Å². The first-order valence-corrected chi connectivity index (χ1v) is 3.26. The van der Waals surface area contributed by atoms with Gasteiger partial charge in [0, 0.05) is 5.56 Å². The van der Waals surface area contributed by atoms with E-state index in [1.165, 1.54) is 0 Å². The third kappa shape index (κ3) is 1.25. The minimum atomic E-state index is -1.11. The molecule has 0 bridgehead atoms. The maximum atomic E-state index is 9.14. The fourth-order valence-corrected chi connectivity index (χ4v) is 0.850. The summed E-state index contributed by atoms with van der Waals surface area (Å²) >= 11 is 0. The molecule has 1 heterocycles. The fourth-order valence-electron chi connectivity index (χ4n) is 0.850. The molecule has 1 atom stereocenters. The summed E-state index contributed by atoms with van der Waals surface area (Å²) in [5, 5.41) is 26.3. The quantitative estimate of drug-likeness (QED) is 0.565. The SMILES string of the molecule is N#Cc1c(C(O)CO)coc1N.